The molecule has 1 atom stereocenters. The number of hydrogen-bond donors (Lipinski definition) is 0. The summed E-state index contributed by atoms with van der Waals surface area (Å²) >= 11 is 0. The molecule has 0 spiro atoms. The van der Waals surface area contributed by atoms with Gasteiger partial charge in [-0.05, 0) is 31.2 Å². The summed E-state index contributed by atoms with van der Waals surface area (Å²) in [6.45, 7) is 0.0130. The third-order valence-electron chi connectivity index (χ3n) is 3.01. The van der Waals surface area contributed by atoms with Crippen molar-refractivity contribution in [3.05, 3.63) is 48.3 Å². The van der Waals surface area contributed by atoms with E-state index in [0.717, 1.165) is 0 Å². The predicted molar refractivity (Wildman–Crippen MR) is 73.1 cm³/mol. The Morgan fingerprint density at radius 1 is 1.17 bits per heavy atom. The molecule has 2 aromatic heterocycles. The van der Waals surface area contributed by atoms with Gasteiger partial charge in [-0.2, -0.15) is 13.2 Å². The number of amides is 1. The van der Waals surface area contributed by atoms with E-state index < -0.39 is 24.8 Å². The normalized spacial score (nSPS) is 13.0. The number of carbonyl (C=O) groups excluding carboxylic acids is 1. The highest BCUT2D eigenvalue weighted by molar-refractivity contribution is 5.80. The van der Waals surface area contributed by atoms with Crippen LogP contribution in [0.25, 0.3) is 0 Å². The largest absolute Gasteiger partial charge is 0.467 e. The van der Waals surface area contributed by atoms with Gasteiger partial charge in [0.1, 0.15) is 24.2 Å². The Balaban J connectivity index is 2.03. The fourth-order valence-electron chi connectivity index (χ4n) is 1.94. The standard InChI is InChI=1S/C15H16F3NO4/c1-11(23-10-15(16,17)18)14(20)19(8-12-4-2-6-21-12)9-13-5-3-7-22-13/h2-7,11H,8-10H2,1H3/t11-/m1/s1. The lowest BCUT2D eigenvalue weighted by atomic mass is 10.3. The molecule has 23 heavy (non-hydrogen) atoms. The van der Waals surface area contributed by atoms with E-state index in [1.165, 1.54) is 24.3 Å². The SMILES string of the molecule is C[C@@H](OCC(F)(F)F)C(=O)N(Cc1ccco1)Cc1ccco1. The zero-order valence-corrected chi connectivity index (χ0v) is 12.4. The molecule has 8 heteroatoms. The zero-order chi connectivity index (χ0) is 16.9. The first-order chi connectivity index (χ1) is 10.8. The van der Waals surface area contributed by atoms with Gasteiger partial charge in [-0.3, -0.25) is 4.79 Å². The molecule has 0 aliphatic carbocycles. The summed E-state index contributed by atoms with van der Waals surface area (Å²) in [5, 5.41) is 0. The molecule has 2 rings (SSSR count). The quantitative estimate of drug-likeness (QED) is 0.780. The maximum Gasteiger partial charge on any atom is 0.411 e. The van der Waals surface area contributed by atoms with Crippen molar-refractivity contribution in [3.8, 4) is 0 Å². The predicted octanol–water partition coefficient (Wildman–Crippen LogP) is 3.37. The summed E-state index contributed by atoms with van der Waals surface area (Å²) in [6.07, 6.45) is -2.81. The van der Waals surface area contributed by atoms with Gasteiger partial charge in [0.05, 0.1) is 25.6 Å². The summed E-state index contributed by atoms with van der Waals surface area (Å²) in [5.74, 6) is 0.433. The Bertz CT molecular complexity index is 557. The van der Waals surface area contributed by atoms with Crippen LogP contribution in [0.15, 0.2) is 45.6 Å². The summed E-state index contributed by atoms with van der Waals surface area (Å²) in [7, 11) is 0. The van der Waals surface area contributed by atoms with Gasteiger partial charge in [-0.1, -0.05) is 0 Å². The van der Waals surface area contributed by atoms with Crippen molar-refractivity contribution in [2.75, 3.05) is 6.61 Å². The summed E-state index contributed by atoms with van der Waals surface area (Å²) < 4.78 is 51.6. The van der Waals surface area contributed by atoms with E-state index in [1.54, 1.807) is 24.3 Å². The van der Waals surface area contributed by atoms with Gasteiger partial charge < -0.3 is 18.5 Å². The van der Waals surface area contributed by atoms with Crippen molar-refractivity contribution in [3.63, 3.8) is 0 Å². The smallest absolute Gasteiger partial charge is 0.411 e. The highest BCUT2D eigenvalue weighted by Crippen LogP contribution is 2.17. The third-order valence-corrected chi connectivity index (χ3v) is 3.01. The Hall–Kier alpha value is -2.22. The van der Waals surface area contributed by atoms with Gasteiger partial charge in [0.25, 0.3) is 5.91 Å². The number of nitrogens with zero attached hydrogens (tertiary/aromatic N) is 1. The molecular weight excluding hydrogens is 315 g/mol. The molecular formula is C15H16F3NO4. The van der Waals surface area contributed by atoms with Crippen molar-refractivity contribution in [1.82, 2.24) is 4.90 Å². The molecule has 2 aromatic rings. The van der Waals surface area contributed by atoms with Crippen molar-refractivity contribution < 1.29 is 31.5 Å². The number of furan rings is 2. The molecule has 0 radical (unpaired) electrons. The fourth-order valence-corrected chi connectivity index (χ4v) is 1.94. The van der Waals surface area contributed by atoms with Crippen LogP contribution in [-0.2, 0) is 22.6 Å². The second-order valence-electron chi connectivity index (χ2n) is 4.92. The second-order valence-corrected chi connectivity index (χ2v) is 4.92. The van der Waals surface area contributed by atoms with Gasteiger partial charge in [-0.15, -0.1) is 0 Å². The monoisotopic (exact) mass is 331 g/mol. The molecule has 126 valence electrons. The van der Waals surface area contributed by atoms with E-state index in [2.05, 4.69) is 4.74 Å². The van der Waals surface area contributed by atoms with Gasteiger partial charge >= 0.3 is 6.18 Å². The Morgan fingerprint density at radius 3 is 2.09 bits per heavy atom. The second kappa shape index (κ2) is 7.36. The maximum atomic E-state index is 12.4. The summed E-state index contributed by atoms with van der Waals surface area (Å²) in [6, 6.07) is 6.66. The van der Waals surface area contributed by atoms with Crippen molar-refractivity contribution >= 4 is 5.91 Å². The van der Waals surface area contributed by atoms with Crippen LogP contribution in [0.2, 0.25) is 0 Å². The number of ether oxygens (including phenoxy) is 1. The van der Waals surface area contributed by atoms with E-state index in [1.807, 2.05) is 0 Å². The van der Waals surface area contributed by atoms with E-state index in [-0.39, 0.29) is 13.1 Å². The highest BCUT2D eigenvalue weighted by atomic mass is 19.4. The van der Waals surface area contributed by atoms with Crippen LogP contribution < -0.4 is 0 Å². The Kier molecular flexibility index (Phi) is 5.49. The summed E-state index contributed by atoms with van der Waals surface area (Å²) in [4.78, 5) is 13.7. The van der Waals surface area contributed by atoms with Crippen LogP contribution in [0.5, 0.6) is 0 Å². The maximum absolute atomic E-state index is 12.4. The van der Waals surface area contributed by atoms with Crippen LogP contribution in [0.1, 0.15) is 18.4 Å². The first kappa shape index (κ1) is 17.1. The molecule has 0 N–H and O–H groups in total. The van der Waals surface area contributed by atoms with Crippen LogP contribution in [-0.4, -0.2) is 29.7 Å². The zero-order valence-electron chi connectivity index (χ0n) is 12.4. The first-order valence-electron chi connectivity index (χ1n) is 6.87. The molecule has 2 heterocycles. The number of hydrogen-bond acceptors (Lipinski definition) is 4. The molecule has 5 nitrogen and oxygen atoms in total. The summed E-state index contributed by atoms with van der Waals surface area (Å²) in [5.41, 5.74) is 0. The lowest BCUT2D eigenvalue weighted by Gasteiger charge is -2.24. The number of alkyl halides is 3. The molecule has 0 saturated heterocycles. The average molecular weight is 331 g/mol. The number of rotatable bonds is 7. The topological polar surface area (TPSA) is 55.8 Å². The molecule has 0 aromatic carbocycles. The Morgan fingerprint density at radius 2 is 1.70 bits per heavy atom. The molecule has 0 saturated carbocycles. The van der Waals surface area contributed by atoms with E-state index in [9.17, 15) is 18.0 Å². The number of carbonyl (C=O) groups is 1. The van der Waals surface area contributed by atoms with Crippen molar-refractivity contribution in [2.45, 2.75) is 32.3 Å². The van der Waals surface area contributed by atoms with Gasteiger partial charge in [0, 0.05) is 0 Å². The van der Waals surface area contributed by atoms with E-state index >= 15 is 0 Å². The number of halogens is 3. The van der Waals surface area contributed by atoms with Crippen LogP contribution in [0.4, 0.5) is 13.2 Å². The molecule has 0 unspecified atom stereocenters. The first-order valence-corrected chi connectivity index (χ1v) is 6.87. The lowest BCUT2D eigenvalue weighted by Crippen LogP contribution is -2.39. The minimum atomic E-state index is -4.48. The third kappa shape index (κ3) is 5.48. The van der Waals surface area contributed by atoms with Gasteiger partial charge in [-0.25, -0.2) is 0 Å². The van der Waals surface area contributed by atoms with Crippen LogP contribution >= 0.6 is 0 Å². The molecule has 0 aliphatic heterocycles. The Labute approximate surface area is 130 Å². The average Bonchev–Trinajstić information content (AvgIpc) is 3.16. The van der Waals surface area contributed by atoms with Crippen LogP contribution in [0, 0.1) is 0 Å². The lowest BCUT2D eigenvalue weighted by molar-refractivity contribution is -0.189. The minimum absolute atomic E-state index is 0.103. The van der Waals surface area contributed by atoms with E-state index in [4.69, 9.17) is 8.83 Å². The van der Waals surface area contributed by atoms with Crippen molar-refractivity contribution in [2.24, 2.45) is 0 Å². The molecule has 0 bridgehead atoms. The van der Waals surface area contributed by atoms with E-state index in [0.29, 0.717) is 11.5 Å². The minimum Gasteiger partial charge on any atom is -0.467 e. The highest BCUT2D eigenvalue weighted by Gasteiger charge is 2.31. The fraction of sp³-hybridized carbons (Fsp3) is 0.400. The van der Waals surface area contributed by atoms with Crippen molar-refractivity contribution in [1.29, 1.82) is 0 Å². The van der Waals surface area contributed by atoms with Crippen LogP contribution in [0.3, 0.4) is 0 Å². The van der Waals surface area contributed by atoms with Gasteiger partial charge in [0.15, 0.2) is 0 Å². The molecule has 1 amide bonds. The van der Waals surface area contributed by atoms with Gasteiger partial charge in [0.2, 0.25) is 0 Å². The molecule has 0 fully saturated rings. The molecule has 0 aliphatic rings.